The predicted molar refractivity (Wildman–Crippen MR) is 87.6 cm³/mol. The van der Waals surface area contributed by atoms with E-state index < -0.39 is 10.5 Å². The van der Waals surface area contributed by atoms with Gasteiger partial charge in [-0.1, -0.05) is 11.8 Å². The number of rotatable bonds is 6. The summed E-state index contributed by atoms with van der Waals surface area (Å²) in [7, 11) is 0. The molecule has 1 aliphatic rings. The third-order valence-electron chi connectivity index (χ3n) is 2.67. The molecule has 0 saturated carbocycles. The number of nitrogens with zero attached hydrogens (tertiary/aromatic N) is 2. The summed E-state index contributed by atoms with van der Waals surface area (Å²) in [6.45, 7) is 2.54. The molecule has 1 fully saturated rings. The van der Waals surface area contributed by atoms with Gasteiger partial charge in [0.2, 0.25) is 11.1 Å². The van der Waals surface area contributed by atoms with Gasteiger partial charge >= 0.3 is 0 Å². The largest absolute Gasteiger partial charge is 0.494 e. The van der Waals surface area contributed by atoms with Gasteiger partial charge in [-0.25, -0.2) is 0 Å². The Morgan fingerprint density at radius 1 is 1.45 bits per heavy atom. The normalized spacial score (nSPS) is 19.6. The van der Waals surface area contributed by atoms with Crippen LogP contribution in [0.5, 0.6) is 5.75 Å². The van der Waals surface area contributed by atoms with Crippen LogP contribution in [-0.2, 0) is 9.59 Å². The molecule has 22 heavy (non-hydrogen) atoms. The number of hydrogen-bond donors (Lipinski definition) is 1. The van der Waals surface area contributed by atoms with E-state index in [1.54, 1.807) is 6.21 Å². The number of carbonyl (C=O) groups excluding carboxylic acids is 2. The van der Waals surface area contributed by atoms with Crippen molar-refractivity contribution >= 4 is 45.9 Å². The molecular formula is C14H14ClN3O3S. The SMILES string of the molecule is CCOc1ccc(C=NN=C2NC(=O)C(CC(=O)Cl)S2)cc1. The van der Waals surface area contributed by atoms with Crippen LogP contribution >= 0.6 is 23.4 Å². The molecule has 1 aliphatic heterocycles. The van der Waals surface area contributed by atoms with Crippen LogP contribution in [0, 0.1) is 0 Å². The Morgan fingerprint density at radius 3 is 2.82 bits per heavy atom. The van der Waals surface area contributed by atoms with E-state index in [1.807, 2.05) is 31.2 Å². The highest BCUT2D eigenvalue weighted by molar-refractivity contribution is 8.15. The number of benzene rings is 1. The van der Waals surface area contributed by atoms with Crippen molar-refractivity contribution in [3.63, 3.8) is 0 Å². The minimum Gasteiger partial charge on any atom is -0.494 e. The number of amides is 1. The number of nitrogens with one attached hydrogen (secondary N) is 1. The van der Waals surface area contributed by atoms with Crippen LogP contribution in [0.25, 0.3) is 0 Å². The monoisotopic (exact) mass is 339 g/mol. The molecule has 0 bridgehead atoms. The van der Waals surface area contributed by atoms with Crippen LogP contribution in [0.4, 0.5) is 0 Å². The first kappa shape index (κ1) is 16.5. The molecule has 0 radical (unpaired) electrons. The van der Waals surface area contributed by atoms with Crippen LogP contribution in [0.2, 0.25) is 0 Å². The summed E-state index contributed by atoms with van der Waals surface area (Å²) >= 11 is 6.42. The third-order valence-corrected chi connectivity index (χ3v) is 3.90. The summed E-state index contributed by atoms with van der Waals surface area (Å²) in [5.41, 5.74) is 0.856. The molecule has 1 unspecified atom stereocenters. The lowest BCUT2D eigenvalue weighted by Crippen LogP contribution is -2.25. The van der Waals surface area contributed by atoms with Gasteiger partial charge in [-0.05, 0) is 48.4 Å². The number of hydrogen-bond acceptors (Lipinski definition) is 6. The predicted octanol–water partition coefficient (Wildman–Crippen LogP) is 2.16. The van der Waals surface area contributed by atoms with E-state index in [4.69, 9.17) is 16.3 Å². The first-order valence-corrected chi connectivity index (χ1v) is 7.84. The van der Waals surface area contributed by atoms with Crippen molar-refractivity contribution in [3.05, 3.63) is 29.8 Å². The molecule has 0 spiro atoms. The fourth-order valence-electron chi connectivity index (χ4n) is 1.70. The molecule has 1 N–H and O–H groups in total. The summed E-state index contributed by atoms with van der Waals surface area (Å²) in [6.07, 6.45) is 1.54. The second-order valence-electron chi connectivity index (χ2n) is 4.31. The zero-order chi connectivity index (χ0) is 15.9. The molecule has 1 aromatic carbocycles. The minimum atomic E-state index is -0.549. The molecule has 1 aromatic rings. The number of halogens is 1. The molecule has 1 atom stereocenters. The molecule has 0 aromatic heterocycles. The summed E-state index contributed by atoms with van der Waals surface area (Å²) < 4.78 is 5.34. The van der Waals surface area contributed by atoms with E-state index in [9.17, 15) is 9.59 Å². The maximum atomic E-state index is 11.6. The van der Waals surface area contributed by atoms with Gasteiger partial charge in [0.1, 0.15) is 5.75 Å². The Kier molecular flexibility index (Phi) is 5.97. The summed E-state index contributed by atoms with van der Waals surface area (Å²) in [5, 5.41) is 9.65. The Bertz CT molecular complexity index is 616. The number of amidine groups is 1. The molecule has 0 aliphatic carbocycles. The van der Waals surface area contributed by atoms with Crippen LogP contribution in [-0.4, -0.2) is 34.4 Å². The Morgan fingerprint density at radius 2 is 2.18 bits per heavy atom. The van der Waals surface area contributed by atoms with Crippen molar-refractivity contribution in [1.82, 2.24) is 5.32 Å². The number of carbonyl (C=O) groups is 2. The van der Waals surface area contributed by atoms with E-state index in [-0.39, 0.29) is 12.3 Å². The summed E-state index contributed by atoms with van der Waals surface area (Å²) in [4.78, 5) is 22.4. The van der Waals surface area contributed by atoms with E-state index in [0.717, 1.165) is 23.1 Å². The lowest BCUT2D eigenvalue weighted by Gasteiger charge is -2.01. The van der Waals surface area contributed by atoms with Gasteiger partial charge in [0.15, 0.2) is 5.17 Å². The van der Waals surface area contributed by atoms with E-state index in [1.165, 1.54) is 0 Å². The van der Waals surface area contributed by atoms with Gasteiger partial charge in [0.05, 0.1) is 18.1 Å². The van der Waals surface area contributed by atoms with Crippen LogP contribution in [0.3, 0.4) is 0 Å². The second-order valence-corrected chi connectivity index (χ2v) is 5.92. The van der Waals surface area contributed by atoms with Crippen molar-refractivity contribution < 1.29 is 14.3 Å². The van der Waals surface area contributed by atoms with Gasteiger partial charge in [0.25, 0.3) is 0 Å². The molecule has 1 saturated heterocycles. The molecular weight excluding hydrogens is 326 g/mol. The fraction of sp³-hybridized carbons (Fsp3) is 0.286. The molecule has 2 rings (SSSR count). The standard InChI is InChI=1S/C14H14ClN3O3S/c1-2-21-10-5-3-9(4-6-10)8-16-18-14-17-13(20)11(22-14)7-12(15)19/h3-6,8,11H,2,7H2,1H3,(H,17,18,20). The van der Waals surface area contributed by atoms with Crippen LogP contribution in [0.15, 0.2) is 34.5 Å². The molecule has 1 amide bonds. The van der Waals surface area contributed by atoms with Gasteiger partial charge in [0, 0.05) is 6.42 Å². The fourth-order valence-corrected chi connectivity index (χ4v) is 2.87. The van der Waals surface area contributed by atoms with Crippen molar-refractivity contribution in [2.75, 3.05) is 6.61 Å². The quantitative estimate of drug-likeness (QED) is 0.489. The molecule has 8 heteroatoms. The summed E-state index contributed by atoms with van der Waals surface area (Å²) in [5.74, 6) is 0.507. The van der Waals surface area contributed by atoms with Crippen LogP contribution < -0.4 is 10.1 Å². The van der Waals surface area contributed by atoms with E-state index in [2.05, 4.69) is 15.5 Å². The van der Waals surface area contributed by atoms with E-state index in [0.29, 0.717) is 11.8 Å². The Balaban J connectivity index is 1.94. The van der Waals surface area contributed by atoms with Crippen molar-refractivity contribution in [3.8, 4) is 5.75 Å². The minimum absolute atomic E-state index is 0.0281. The molecule has 1 heterocycles. The lowest BCUT2D eigenvalue weighted by molar-refractivity contribution is -0.121. The second kappa shape index (κ2) is 7.95. The lowest BCUT2D eigenvalue weighted by atomic mass is 10.2. The summed E-state index contributed by atoms with van der Waals surface area (Å²) in [6, 6.07) is 7.38. The highest BCUT2D eigenvalue weighted by Crippen LogP contribution is 2.23. The maximum absolute atomic E-state index is 11.6. The van der Waals surface area contributed by atoms with Crippen molar-refractivity contribution in [2.24, 2.45) is 10.2 Å². The van der Waals surface area contributed by atoms with Gasteiger partial charge in [-0.15, -0.1) is 5.10 Å². The van der Waals surface area contributed by atoms with Crippen molar-refractivity contribution in [1.29, 1.82) is 0 Å². The molecule has 116 valence electrons. The smallest absolute Gasteiger partial charge is 0.240 e. The average Bonchev–Trinajstić information content (AvgIpc) is 2.81. The number of thioether (sulfide) groups is 1. The third kappa shape index (κ3) is 4.85. The van der Waals surface area contributed by atoms with Crippen LogP contribution in [0.1, 0.15) is 18.9 Å². The Hall–Kier alpha value is -1.86. The van der Waals surface area contributed by atoms with Crippen molar-refractivity contribution in [2.45, 2.75) is 18.6 Å². The van der Waals surface area contributed by atoms with E-state index >= 15 is 0 Å². The first-order chi connectivity index (χ1) is 10.6. The van der Waals surface area contributed by atoms with Gasteiger partial charge < -0.3 is 10.1 Å². The average molecular weight is 340 g/mol. The highest BCUT2D eigenvalue weighted by atomic mass is 35.5. The van der Waals surface area contributed by atoms with Gasteiger partial charge in [-0.3, -0.25) is 9.59 Å². The van der Waals surface area contributed by atoms with Gasteiger partial charge in [-0.2, -0.15) is 5.10 Å². The number of ether oxygens (including phenoxy) is 1. The zero-order valence-electron chi connectivity index (χ0n) is 11.8. The highest BCUT2D eigenvalue weighted by Gasteiger charge is 2.31. The molecule has 6 nitrogen and oxygen atoms in total. The first-order valence-electron chi connectivity index (χ1n) is 6.58. The maximum Gasteiger partial charge on any atom is 0.240 e. The Labute approximate surface area is 137 Å². The zero-order valence-corrected chi connectivity index (χ0v) is 13.4. The topological polar surface area (TPSA) is 80.1 Å².